The second kappa shape index (κ2) is 3.46. The number of fused-ring (bicyclic) bond motifs is 1. The first kappa shape index (κ1) is 10.4. The summed E-state index contributed by atoms with van der Waals surface area (Å²) >= 11 is 2.19. The van der Waals surface area contributed by atoms with E-state index in [1.54, 1.807) is 6.07 Å². The molecule has 14 heavy (non-hydrogen) atoms. The van der Waals surface area contributed by atoms with E-state index < -0.39 is 10.0 Å². The number of hydrogen-bond acceptors (Lipinski definition) is 2. The second-order valence-corrected chi connectivity index (χ2v) is 6.42. The average molecular weight is 323 g/mol. The molecule has 1 N–H and O–H groups in total. The molecule has 1 atom stereocenters. The molecule has 2 rings (SSSR count). The SMILES string of the molecule is CC1CNS(=O)(=O)c2ccc(I)cc21. The third-order valence-electron chi connectivity index (χ3n) is 2.37. The summed E-state index contributed by atoms with van der Waals surface area (Å²) in [6.45, 7) is 2.52. The lowest BCUT2D eigenvalue weighted by atomic mass is 10.0. The van der Waals surface area contributed by atoms with Crippen molar-refractivity contribution in [3.05, 3.63) is 27.3 Å². The van der Waals surface area contributed by atoms with Crippen molar-refractivity contribution < 1.29 is 8.42 Å². The smallest absolute Gasteiger partial charge is 0.211 e. The first-order valence-corrected chi connectivity index (χ1v) is 6.86. The highest BCUT2D eigenvalue weighted by atomic mass is 127. The van der Waals surface area contributed by atoms with Gasteiger partial charge in [0.1, 0.15) is 0 Å². The van der Waals surface area contributed by atoms with Crippen LogP contribution >= 0.6 is 22.6 Å². The number of benzene rings is 1. The Morgan fingerprint density at radius 2 is 2.21 bits per heavy atom. The Balaban J connectivity index is 2.69. The molecule has 0 saturated carbocycles. The fraction of sp³-hybridized carbons (Fsp3) is 0.333. The van der Waals surface area contributed by atoms with Gasteiger partial charge in [-0.1, -0.05) is 6.92 Å². The Morgan fingerprint density at radius 1 is 1.50 bits per heavy atom. The zero-order valence-electron chi connectivity index (χ0n) is 7.62. The molecule has 3 nitrogen and oxygen atoms in total. The molecule has 76 valence electrons. The number of sulfonamides is 1. The van der Waals surface area contributed by atoms with Gasteiger partial charge in [0.2, 0.25) is 10.0 Å². The Bertz CT molecular complexity index is 470. The van der Waals surface area contributed by atoms with Crippen LogP contribution in [0.25, 0.3) is 0 Å². The van der Waals surface area contributed by atoms with Crippen LogP contribution in [0, 0.1) is 3.57 Å². The number of halogens is 1. The summed E-state index contributed by atoms with van der Waals surface area (Å²) in [6.07, 6.45) is 0. The van der Waals surface area contributed by atoms with Crippen LogP contribution in [0.4, 0.5) is 0 Å². The first-order chi connectivity index (χ1) is 6.50. The fourth-order valence-corrected chi connectivity index (χ4v) is 3.53. The van der Waals surface area contributed by atoms with E-state index in [1.807, 2.05) is 19.1 Å². The van der Waals surface area contributed by atoms with Crippen LogP contribution in [0.5, 0.6) is 0 Å². The summed E-state index contributed by atoms with van der Waals surface area (Å²) in [5.41, 5.74) is 0.927. The summed E-state index contributed by atoms with van der Waals surface area (Å²) in [7, 11) is -3.25. The van der Waals surface area contributed by atoms with Crippen molar-refractivity contribution in [1.82, 2.24) is 4.72 Å². The fourth-order valence-electron chi connectivity index (χ4n) is 1.57. The second-order valence-electron chi connectivity index (χ2n) is 3.44. The van der Waals surface area contributed by atoms with Crippen LogP contribution in [0.15, 0.2) is 23.1 Å². The summed E-state index contributed by atoms with van der Waals surface area (Å²) in [4.78, 5) is 0.427. The van der Waals surface area contributed by atoms with Crippen LogP contribution in [-0.4, -0.2) is 15.0 Å². The van der Waals surface area contributed by atoms with Crippen LogP contribution in [-0.2, 0) is 10.0 Å². The third kappa shape index (κ3) is 1.68. The molecule has 0 amide bonds. The predicted octanol–water partition coefficient (Wildman–Crippen LogP) is 1.69. The van der Waals surface area contributed by atoms with E-state index >= 15 is 0 Å². The van der Waals surface area contributed by atoms with Crippen molar-refractivity contribution in [2.45, 2.75) is 17.7 Å². The Labute approximate surface area is 97.1 Å². The van der Waals surface area contributed by atoms with Gasteiger partial charge in [0.15, 0.2) is 0 Å². The van der Waals surface area contributed by atoms with Gasteiger partial charge < -0.3 is 0 Å². The highest BCUT2D eigenvalue weighted by Crippen LogP contribution is 2.29. The standard InChI is InChI=1S/C9H10INO2S/c1-6-5-11-14(12,13)9-3-2-7(10)4-8(6)9/h2-4,6,11H,5H2,1H3. The Hall–Kier alpha value is -0.140. The topological polar surface area (TPSA) is 46.2 Å². The van der Waals surface area contributed by atoms with Crippen molar-refractivity contribution in [1.29, 1.82) is 0 Å². The molecule has 1 aliphatic heterocycles. The maximum atomic E-state index is 11.6. The van der Waals surface area contributed by atoms with Gasteiger partial charge in [0, 0.05) is 10.1 Å². The zero-order valence-corrected chi connectivity index (χ0v) is 10.6. The first-order valence-electron chi connectivity index (χ1n) is 4.30. The number of hydrogen-bond donors (Lipinski definition) is 1. The average Bonchev–Trinajstić information content (AvgIpc) is 2.12. The number of nitrogens with one attached hydrogen (secondary N) is 1. The molecule has 1 heterocycles. The summed E-state index contributed by atoms with van der Waals surface area (Å²) in [5, 5.41) is 0. The van der Waals surface area contributed by atoms with E-state index in [1.165, 1.54) is 0 Å². The highest BCUT2D eigenvalue weighted by molar-refractivity contribution is 14.1. The van der Waals surface area contributed by atoms with Gasteiger partial charge in [-0.3, -0.25) is 0 Å². The molecule has 5 heteroatoms. The highest BCUT2D eigenvalue weighted by Gasteiger charge is 2.27. The van der Waals surface area contributed by atoms with Crippen LogP contribution < -0.4 is 4.72 Å². The van der Waals surface area contributed by atoms with Crippen molar-refractivity contribution in [3.8, 4) is 0 Å². The minimum absolute atomic E-state index is 0.253. The van der Waals surface area contributed by atoms with E-state index in [2.05, 4.69) is 27.3 Å². The Kier molecular flexibility index (Phi) is 2.57. The molecule has 0 aromatic heterocycles. The minimum atomic E-state index is -3.25. The van der Waals surface area contributed by atoms with Gasteiger partial charge in [-0.25, -0.2) is 13.1 Å². The van der Waals surface area contributed by atoms with Gasteiger partial charge in [-0.15, -0.1) is 0 Å². The Morgan fingerprint density at radius 3 is 2.93 bits per heavy atom. The monoisotopic (exact) mass is 323 g/mol. The molecular weight excluding hydrogens is 313 g/mol. The molecule has 0 radical (unpaired) electrons. The number of rotatable bonds is 0. The molecule has 1 aromatic rings. The van der Waals surface area contributed by atoms with E-state index in [9.17, 15) is 8.42 Å². The largest absolute Gasteiger partial charge is 0.240 e. The van der Waals surface area contributed by atoms with Gasteiger partial charge >= 0.3 is 0 Å². The normalized spacial score (nSPS) is 24.3. The summed E-state index contributed by atoms with van der Waals surface area (Å²) in [6, 6.07) is 5.44. The van der Waals surface area contributed by atoms with E-state index in [-0.39, 0.29) is 5.92 Å². The molecule has 1 unspecified atom stereocenters. The van der Waals surface area contributed by atoms with Crippen LogP contribution in [0.1, 0.15) is 18.4 Å². The molecule has 0 spiro atoms. The van der Waals surface area contributed by atoms with Crippen molar-refractivity contribution >= 4 is 32.6 Å². The van der Waals surface area contributed by atoms with E-state index in [4.69, 9.17) is 0 Å². The van der Waals surface area contributed by atoms with E-state index in [0.717, 1.165) is 9.13 Å². The lowest BCUT2D eigenvalue weighted by Crippen LogP contribution is -2.33. The van der Waals surface area contributed by atoms with Crippen molar-refractivity contribution in [3.63, 3.8) is 0 Å². The summed E-state index contributed by atoms with van der Waals surface area (Å²) < 4.78 is 26.9. The lowest BCUT2D eigenvalue weighted by molar-refractivity contribution is 0.559. The molecule has 1 aromatic carbocycles. The van der Waals surface area contributed by atoms with Crippen molar-refractivity contribution in [2.24, 2.45) is 0 Å². The minimum Gasteiger partial charge on any atom is -0.211 e. The third-order valence-corrected chi connectivity index (χ3v) is 4.54. The van der Waals surface area contributed by atoms with Crippen molar-refractivity contribution in [2.75, 3.05) is 6.54 Å². The summed E-state index contributed by atoms with van der Waals surface area (Å²) in [5.74, 6) is 0.253. The quantitative estimate of drug-likeness (QED) is 0.739. The molecule has 0 saturated heterocycles. The predicted molar refractivity (Wildman–Crippen MR) is 62.8 cm³/mol. The molecule has 0 aliphatic carbocycles. The van der Waals surface area contributed by atoms with Crippen LogP contribution in [0.2, 0.25) is 0 Å². The molecule has 1 aliphatic rings. The molecule has 0 bridgehead atoms. The van der Waals surface area contributed by atoms with Gasteiger partial charge in [0.25, 0.3) is 0 Å². The maximum Gasteiger partial charge on any atom is 0.240 e. The van der Waals surface area contributed by atoms with Crippen LogP contribution in [0.3, 0.4) is 0 Å². The molecule has 0 fully saturated rings. The maximum absolute atomic E-state index is 11.6. The van der Waals surface area contributed by atoms with E-state index in [0.29, 0.717) is 11.4 Å². The zero-order chi connectivity index (χ0) is 10.3. The van der Waals surface area contributed by atoms with Gasteiger partial charge in [0.05, 0.1) is 4.90 Å². The van der Waals surface area contributed by atoms with Gasteiger partial charge in [-0.2, -0.15) is 0 Å². The van der Waals surface area contributed by atoms with Gasteiger partial charge in [-0.05, 0) is 52.3 Å². The molecular formula is C9H10INO2S. The lowest BCUT2D eigenvalue weighted by Gasteiger charge is -2.23.